The lowest BCUT2D eigenvalue weighted by Crippen LogP contribution is -2.16. The van der Waals surface area contributed by atoms with Crippen LogP contribution in [0.4, 0.5) is 5.69 Å². The quantitative estimate of drug-likeness (QED) is 0.600. The van der Waals surface area contributed by atoms with Crippen molar-refractivity contribution in [3.8, 4) is 0 Å². The number of unbranched alkanes of at least 4 members (excludes halogenated alkanes) is 1. The Kier molecular flexibility index (Phi) is 5.26. The Morgan fingerprint density at radius 2 is 2.10 bits per heavy atom. The van der Waals surface area contributed by atoms with Crippen LogP contribution in [0, 0.1) is 10.1 Å². The van der Waals surface area contributed by atoms with Gasteiger partial charge in [0, 0.05) is 5.56 Å². The lowest BCUT2D eigenvalue weighted by atomic mass is 10.00. The van der Waals surface area contributed by atoms with E-state index in [4.69, 9.17) is 21.8 Å². The molecule has 0 fully saturated rings. The molecule has 0 spiro atoms. The van der Waals surface area contributed by atoms with Gasteiger partial charge in [-0.1, -0.05) is 24.9 Å². The van der Waals surface area contributed by atoms with E-state index in [2.05, 4.69) is 0 Å². The van der Waals surface area contributed by atoms with Crippen molar-refractivity contribution in [2.45, 2.75) is 31.1 Å². The van der Waals surface area contributed by atoms with Gasteiger partial charge in [0.15, 0.2) is 0 Å². The first kappa shape index (κ1) is 17.3. The van der Waals surface area contributed by atoms with Crippen molar-refractivity contribution in [2.75, 3.05) is 0 Å². The molecule has 1 aromatic carbocycles. The largest absolute Gasteiger partial charge is 0.478 e. The Labute approximate surface area is 125 Å². The highest BCUT2D eigenvalue weighted by atomic mass is 35.5. The van der Waals surface area contributed by atoms with Gasteiger partial charge in [-0.3, -0.25) is 10.1 Å². The molecule has 0 radical (unpaired) electrons. The number of hydrogen-bond acceptors (Lipinski definition) is 5. The van der Waals surface area contributed by atoms with Crippen LogP contribution in [0.3, 0.4) is 0 Å². The Hall–Kier alpha value is -1.71. The summed E-state index contributed by atoms with van der Waals surface area (Å²) in [5, 5.41) is 24.6. The summed E-state index contributed by atoms with van der Waals surface area (Å²) in [5.74, 6) is -1.48. The van der Waals surface area contributed by atoms with Crippen molar-refractivity contribution in [1.29, 1.82) is 0 Å². The standard InChI is InChI=1S/C11H13ClN2O6S/c1-2-3-4-6-7(11(15)16)5-8(21(13,19)20)9(12)10(6)14(17)18/h5H,2-4H2,1H3,(H,15,16)(H2,13,19,20). The smallest absolute Gasteiger partial charge is 0.336 e. The number of nitrogens with zero attached hydrogens (tertiary/aromatic N) is 1. The van der Waals surface area contributed by atoms with Gasteiger partial charge in [-0.05, 0) is 18.9 Å². The third-order valence-corrected chi connectivity index (χ3v) is 4.24. The summed E-state index contributed by atoms with van der Waals surface area (Å²) in [7, 11) is -4.38. The Morgan fingerprint density at radius 3 is 2.48 bits per heavy atom. The molecule has 0 heterocycles. The molecule has 0 unspecified atom stereocenters. The minimum absolute atomic E-state index is 0.0963. The van der Waals surface area contributed by atoms with E-state index in [1.54, 1.807) is 0 Å². The van der Waals surface area contributed by atoms with Gasteiger partial charge in [-0.2, -0.15) is 0 Å². The van der Waals surface area contributed by atoms with Gasteiger partial charge >= 0.3 is 5.97 Å². The molecule has 10 heteroatoms. The van der Waals surface area contributed by atoms with Crippen molar-refractivity contribution >= 4 is 33.3 Å². The van der Waals surface area contributed by atoms with Crippen molar-refractivity contribution in [3.05, 3.63) is 32.3 Å². The fourth-order valence-electron chi connectivity index (χ4n) is 1.85. The van der Waals surface area contributed by atoms with Crippen molar-refractivity contribution in [2.24, 2.45) is 5.14 Å². The zero-order valence-corrected chi connectivity index (χ0v) is 12.6. The van der Waals surface area contributed by atoms with Gasteiger partial charge in [-0.15, -0.1) is 0 Å². The SMILES string of the molecule is CCCCc1c(C(=O)O)cc(S(N)(=O)=O)c(Cl)c1[N+](=O)[O-]. The Bertz CT molecular complexity index is 701. The first-order valence-electron chi connectivity index (χ1n) is 5.87. The summed E-state index contributed by atoms with van der Waals surface area (Å²) in [6, 6.07) is 0.762. The maximum absolute atomic E-state index is 11.4. The fraction of sp³-hybridized carbons (Fsp3) is 0.364. The molecular formula is C11H13ClN2O6S. The first-order valence-corrected chi connectivity index (χ1v) is 7.79. The molecule has 21 heavy (non-hydrogen) atoms. The van der Waals surface area contributed by atoms with Crippen LogP contribution in [0.5, 0.6) is 0 Å². The molecule has 3 N–H and O–H groups in total. The Balaban J connectivity index is 3.81. The second-order valence-electron chi connectivity index (χ2n) is 4.27. The highest BCUT2D eigenvalue weighted by Crippen LogP contribution is 2.37. The molecule has 0 aliphatic rings. The number of aromatic carboxylic acids is 1. The average molecular weight is 337 g/mol. The van der Waals surface area contributed by atoms with Gasteiger partial charge in [0.25, 0.3) is 5.69 Å². The van der Waals surface area contributed by atoms with Crippen LogP contribution < -0.4 is 5.14 Å². The van der Waals surface area contributed by atoms with E-state index in [1.807, 2.05) is 6.92 Å². The number of nitrogens with two attached hydrogens (primary N) is 1. The highest BCUT2D eigenvalue weighted by molar-refractivity contribution is 7.89. The number of primary sulfonamides is 1. The van der Waals surface area contributed by atoms with E-state index in [-0.39, 0.29) is 12.0 Å². The van der Waals surface area contributed by atoms with Crippen LogP contribution in [0.2, 0.25) is 5.02 Å². The summed E-state index contributed by atoms with van der Waals surface area (Å²) in [6.07, 6.45) is 1.26. The average Bonchev–Trinajstić information content (AvgIpc) is 2.33. The van der Waals surface area contributed by atoms with Crippen LogP contribution in [0.25, 0.3) is 0 Å². The van der Waals surface area contributed by atoms with Gasteiger partial charge in [0.2, 0.25) is 10.0 Å². The highest BCUT2D eigenvalue weighted by Gasteiger charge is 2.31. The topological polar surface area (TPSA) is 141 Å². The molecule has 0 aromatic heterocycles. The summed E-state index contributed by atoms with van der Waals surface area (Å²) in [5.41, 5.74) is -1.32. The molecule has 0 saturated carbocycles. The normalized spacial score (nSPS) is 11.4. The predicted molar refractivity (Wildman–Crippen MR) is 75.1 cm³/mol. The van der Waals surface area contributed by atoms with E-state index in [0.717, 1.165) is 6.07 Å². The monoisotopic (exact) mass is 336 g/mol. The summed E-state index contributed by atoms with van der Waals surface area (Å²) >= 11 is 5.76. The molecule has 1 rings (SSSR count). The molecule has 116 valence electrons. The summed E-state index contributed by atoms with van der Waals surface area (Å²) < 4.78 is 22.8. The first-order chi connectivity index (χ1) is 9.61. The number of hydrogen-bond donors (Lipinski definition) is 2. The zero-order valence-electron chi connectivity index (χ0n) is 11.0. The van der Waals surface area contributed by atoms with Crippen LogP contribution in [0.1, 0.15) is 35.7 Å². The van der Waals surface area contributed by atoms with Gasteiger partial charge in [-0.25, -0.2) is 18.4 Å². The number of carboxylic acid groups (broad SMARTS) is 1. The van der Waals surface area contributed by atoms with Gasteiger partial charge in [0.1, 0.15) is 9.92 Å². The van der Waals surface area contributed by atoms with Crippen LogP contribution in [-0.2, 0) is 16.4 Å². The third-order valence-electron chi connectivity index (χ3n) is 2.81. The minimum Gasteiger partial charge on any atom is -0.478 e. The molecule has 0 saturated heterocycles. The number of carboxylic acids is 1. The Morgan fingerprint density at radius 1 is 1.52 bits per heavy atom. The molecule has 0 aliphatic heterocycles. The number of carbonyl (C=O) groups is 1. The summed E-state index contributed by atoms with van der Waals surface area (Å²) in [4.78, 5) is 20.7. The maximum Gasteiger partial charge on any atom is 0.336 e. The van der Waals surface area contributed by atoms with E-state index in [1.165, 1.54) is 0 Å². The fourth-order valence-corrected chi connectivity index (χ4v) is 3.04. The second-order valence-corrected chi connectivity index (χ2v) is 6.18. The number of halogens is 1. The number of sulfonamides is 1. The number of nitro groups is 1. The van der Waals surface area contributed by atoms with Gasteiger partial charge < -0.3 is 5.11 Å². The lowest BCUT2D eigenvalue weighted by molar-refractivity contribution is -0.385. The van der Waals surface area contributed by atoms with E-state index < -0.39 is 42.1 Å². The van der Waals surface area contributed by atoms with Crippen LogP contribution in [-0.4, -0.2) is 24.4 Å². The second kappa shape index (κ2) is 6.37. The van der Waals surface area contributed by atoms with Crippen LogP contribution in [0.15, 0.2) is 11.0 Å². The van der Waals surface area contributed by atoms with E-state index in [9.17, 15) is 23.3 Å². The summed E-state index contributed by atoms with van der Waals surface area (Å²) in [6.45, 7) is 1.83. The van der Waals surface area contributed by atoms with Crippen molar-refractivity contribution in [1.82, 2.24) is 0 Å². The third kappa shape index (κ3) is 3.69. The number of rotatable bonds is 6. The van der Waals surface area contributed by atoms with Gasteiger partial charge in [0.05, 0.1) is 10.5 Å². The minimum atomic E-state index is -4.38. The van der Waals surface area contributed by atoms with Crippen molar-refractivity contribution < 1.29 is 23.2 Å². The maximum atomic E-state index is 11.4. The molecular weight excluding hydrogens is 324 g/mol. The van der Waals surface area contributed by atoms with E-state index >= 15 is 0 Å². The van der Waals surface area contributed by atoms with Crippen LogP contribution >= 0.6 is 11.6 Å². The predicted octanol–water partition coefficient (Wildman–Crippen LogP) is 1.94. The molecule has 8 nitrogen and oxygen atoms in total. The zero-order chi connectivity index (χ0) is 16.4. The van der Waals surface area contributed by atoms with Crippen molar-refractivity contribution in [3.63, 3.8) is 0 Å². The molecule has 0 aliphatic carbocycles. The molecule has 0 bridgehead atoms. The molecule has 0 atom stereocenters. The number of benzene rings is 1. The molecule has 1 aromatic rings. The van der Waals surface area contributed by atoms with E-state index in [0.29, 0.717) is 12.8 Å². The number of nitro benzene ring substituents is 1. The molecule has 0 amide bonds. The lowest BCUT2D eigenvalue weighted by Gasteiger charge is -2.11.